The molecule has 1 rings (SSSR count). The summed E-state index contributed by atoms with van der Waals surface area (Å²) in [6.07, 6.45) is 0. The maximum atomic E-state index is 12.3. The van der Waals surface area contributed by atoms with Gasteiger partial charge in [-0.1, -0.05) is 32.9 Å². The number of nitrogens with one attached hydrogen (secondary N) is 2. The molecule has 0 spiro atoms. The molecular weight excluding hydrogens is 272 g/mol. The minimum atomic E-state index is -3.43. The summed E-state index contributed by atoms with van der Waals surface area (Å²) in [5.74, 6) is 0.762. The van der Waals surface area contributed by atoms with Crippen molar-refractivity contribution in [3.63, 3.8) is 0 Å². The Balaban J connectivity index is 2.87. The van der Waals surface area contributed by atoms with Crippen LogP contribution in [0.2, 0.25) is 0 Å². The van der Waals surface area contributed by atoms with E-state index in [1.165, 1.54) is 0 Å². The van der Waals surface area contributed by atoms with E-state index in [4.69, 9.17) is 0 Å². The van der Waals surface area contributed by atoms with Crippen LogP contribution in [0.3, 0.4) is 0 Å². The quantitative estimate of drug-likeness (QED) is 0.813. The van der Waals surface area contributed by atoms with Gasteiger partial charge in [-0.2, -0.15) is 0 Å². The Labute approximate surface area is 123 Å². The topological polar surface area (TPSA) is 58.2 Å². The lowest BCUT2D eigenvalue weighted by Gasteiger charge is -2.17. The molecule has 2 atom stereocenters. The van der Waals surface area contributed by atoms with Gasteiger partial charge >= 0.3 is 0 Å². The van der Waals surface area contributed by atoms with Crippen molar-refractivity contribution in [3.8, 4) is 0 Å². The van der Waals surface area contributed by atoms with E-state index >= 15 is 0 Å². The molecule has 0 radical (unpaired) electrons. The molecule has 0 aromatic heterocycles. The fourth-order valence-corrected chi connectivity index (χ4v) is 2.88. The third-order valence-electron chi connectivity index (χ3n) is 3.83. The van der Waals surface area contributed by atoms with Crippen LogP contribution in [0, 0.1) is 11.8 Å². The highest BCUT2D eigenvalue weighted by Crippen LogP contribution is 2.17. The van der Waals surface area contributed by atoms with E-state index in [0.29, 0.717) is 23.3 Å². The van der Waals surface area contributed by atoms with E-state index in [1.54, 1.807) is 18.2 Å². The molecule has 0 saturated carbocycles. The van der Waals surface area contributed by atoms with Crippen LogP contribution in [0.4, 0.5) is 0 Å². The first-order valence-corrected chi connectivity index (χ1v) is 8.53. The van der Waals surface area contributed by atoms with Crippen LogP contribution in [-0.4, -0.2) is 22.0 Å². The van der Waals surface area contributed by atoms with Gasteiger partial charge in [0.25, 0.3) is 0 Å². The van der Waals surface area contributed by atoms with Gasteiger partial charge in [-0.25, -0.2) is 13.1 Å². The van der Waals surface area contributed by atoms with Crippen molar-refractivity contribution in [1.82, 2.24) is 10.0 Å². The Bertz CT molecular complexity index is 526. The third-order valence-corrected chi connectivity index (χ3v) is 5.26. The van der Waals surface area contributed by atoms with Crippen LogP contribution in [-0.2, 0) is 10.0 Å². The van der Waals surface area contributed by atoms with Gasteiger partial charge in [0.1, 0.15) is 0 Å². The third kappa shape index (κ3) is 4.58. The van der Waals surface area contributed by atoms with Crippen LogP contribution in [0.25, 0.3) is 0 Å². The number of rotatable bonds is 7. The van der Waals surface area contributed by atoms with E-state index in [2.05, 4.69) is 23.9 Å². The van der Waals surface area contributed by atoms with Crippen molar-refractivity contribution >= 4 is 10.0 Å². The average Bonchev–Trinajstić information content (AvgIpc) is 2.43. The monoisotopic (exact) mass is 298 g/mol. The smallest absolute Gasteiger partial charge is 0.240 e. The van der Waals surface area contributed by atoms with Crippen molar-refractivity contribution in [1.29, 1.82) is 0 Å². The van der Waals surface area contributed by atoms with Gasteiger partial charge in [0.15, 0.2) is 0 Å². The zero-order valence-corrected chi connectivity index (χ0v) is 13.8. The first-order chi connectivity index (χ1) is 9.27. The second-order valence-electron chi connectivity index (χ2n) is 5.66. The Morgan fingerprint density at radius 3 is 2.35 bits per heavy atom. The lowest BCUT2D eigenvalue weighted by Crippen LogP contribution is -2.30. The van der Waals surface area contributed by atoms with Gasteiger partial charge in [-0.05, 0) is 43.5 Å². The molecule has 1 aromatic carbocycles. The summed E-state index contributed by atoms with van der Waals surface area (Å²) in [4.78, 5) is 0.327. The highest BCUT2D eigenvalue weighted by Gasteiger charge is 2.17. The number of sulfonamides is 1. The zero-order chi connectivity index (χ0) is 15.3. The van der Waals surface area contributed by atoms with Gasteiger partial charge < -0.3 is 5.32 Å². The molecule has 0 bridgehead atoms. The summed E-state index contributed by atoms with van der Waals surface area (Å²) in [7, 11) is -1.58. The van der Waals surface area contributed by atoms with Crippen molar-refractivity contribution in [2.24, 2.45) is 11.8 Å². The summed E-state index contributed by atoms with van der Waals surface area (Å²) in [5, 5.41) is 3.11. The maximum absolute atomic E-state index is 12.3. The van der Waals surface area contributed by atoms with E-state index in [1.807, 2.05) is 27.0 Å². The van der Waals surface area contributed by atoms with E-state index in [0.717, 1.165) is 5.56 Å². The second-order valence-corrected chi connectivity index (χ2v) is 7.42. The minimum absolute atomic E-state index is 0.125. The SMILES string of the molecule is CNC(C)c1cccc(S(=O)(=O)NCC(C)C(C)C)c1. The van der Waals surface area contributed by atoms with E-state index in [-0.39, 0.29) is 6.04 Å². The highest BCUT2D eigenvalue weighted by molar-refractivity contribution is 7.89. The van der Waals surface area contributed by atoms with Gasteiger partial charge in [-0.3, -0.25) is 0 Å². The molecule has 2 N–H and O–H groups in total. The largest absolute Gasteiger partial charge is 0.313 e. The maximum Gasteiger partial charge on any atom is 0.240 e. The molecule has 0 aliphatic heterocycles. The molecular formula is C15H26N2O2S. The predicted molar refractivity (Wildman–Crippen MR) is 83.1 cm³/mol. The molecule has 0 aliphatic carbocycles. The fourth-order valence-electron chi connectivity index (χ4n) is 1.68. The molecule has 0 aliphatic rings. The van der Waals surface area contributed by atoms with E-state index < -0.39 is 10.0 Å². The number of hydrogen-bond acceptors (Lipinski definition) is 3. The Kier molecular flexibility index (Phi) is 6.17. The first kappa shape index (κ1) is 17.1. The van der Waals surface area contributed by atoms with Crippen LogP contribution in [0.5, 0.6) is 0 Å². The van der Waals surface area contributed by atoms with Crippen LogP contribution in [0.1, 0.15) is 39.3 Å². The second kappa shape index (κ2) is 7.20. The predicted octanol–water partition coefficient (Wildman–Crippen LogP) is 2.54. The number of benzene rings is 1. The van der Waals surface area contributed by atoms with Gasteiger partial charge in [0.05, 0.1) is 4.90 Å². The van der Waals surface area contributed by atoms with Gasteiger partial charge in [0, 0.05) is 12.6 Å². The Morgan fingerprint density at radius 2 is 1.80 bits per heavy atom. The normalized spacial score (nSPS) is 15.3. The minimum Gasteiger partial charge on any atom is -0.313 e. The van der Waals surface area contributed by atoms with Crippen LogP contribution >= 0.6 is 0 Å². The summed E-state index contributed by atoms with van der Waals surface area (Å²) < 4.78 is 27.3. The molecule has 0 saturated heterocycles. The van der Waals surface area contributed by atoms with Gasteiger partial charge in [0.2, 0.25) is 10.0 Å². The van der Waals surface area contributed by atoms with Crippen molar-refractivity contribution in [2.45, 2.75) is 38.6 Å². The summed E-state index contributed by atoms with van der Waals surface area (Å²) in [6.45, 7) is 8.70. The summed E-state index contributed by atoms with van der Waals surface area (Å²) in [5.41, 5.74) is 0.965. The molecule has 5 heteroatoms. The lowest BCUT2D eigenvalue weighted by atomic mass is 9.99. The van der Waals surface area contributed by atoms with Crippen molar-refractivity contribution < 1.29 is 8.42 Å². The number of hydrogen-bond donors (Lipinski definition) is 2. The molecule has 20 heavy (non-hydrogen) atoms. The molecule has 1 aromatic rings. The standard InChI is InChI=1S/C15H26N2O2S/c1-11(2)12(3)10-17-20(18,19)15-8-6-7-14(9-15)13(4)16-5/h6-9,11-13,16-17H,10H2,1-5H3. The summed E-state index contributed by atoms with van der Waals surface area (Å²) in [6, 6.07) is 7.19. The first-order valence-electron chi connectivity index (χ1n) is 7.04. The van der Waals surface area contributed by atoms with Crippen LogP contribution < -0.4 is 10.0 Å². The fraction of sp³-hybridized carbons (Fsp3) is 0.600. The molecule has 4 nitrogen and oxygen atoms in total. The van der Waals surface area contributed by atoms with Crippen molar-refractivity contribution in [2.75, 3.05) is 13.6 Å². The zero-order valence-electron chi connectivity index (χ0n) is 13.0. The van der Waals surface area contributed by atoms with Gasteiger partial charge in [-0.15, -0.1) is 0 Å². The molecule has 0 heterocycles. The lowest BCUT2D eigenvalue weighted by molar-refractivity contribution is 0.414. The van der Waals surface area contributed by atoms with Crippen molar-refractivity contribution in [3.05, 3.63) is 29.8 Å². The molecule has 2 unspecified atom stereocenters. The molecule has 0 amide bonds. The molecule has 0 fully saturated rings. The summed E-state index contributed by atoms with van der Waals surface area (Å²) >= 11 is 0. The van der Waals surface area contributed by atoms with E-state index in [9.17, 15) is 8.42 Å². The Hall–Kier alpha value is -0.910. The average molecular weight is 298 g/mol. The Morgan fingerprint density at radius 1 is 1.15 bits per heavy atom. The molecule has 114 valence electrons. The highest BCUT2D eigenvalue weighted by atomic mass is 32.2. The van der Waals surface area contributed by atoms with Crippen LogP contribution in [0.15, 0.2) is 29.2 Å².